The minimum atomic E-state index is -4.51. The van der Waals surface area contributed by atoms with Crippen molar-refractivity contribution in [3.05, 3.63) is 41.7 Å². The number of hydrogen-bond donors (Lipinski definition) is 2. The van der Waals surface area contributed by atoms with Gasteiger partial charge in [0.25, 0.3) is 5.91 Å². The highest BCUT2D eigenvalue weighted by Crippen LogP contribution is 2.35. The number of carbonyl (C=O) groups is 2. The molecule has 1 aliphatic rings. The molecule has 2 N–H and O–H groups in total. The minimum absolute atomic E-state index is 0.0206. The molecule has 0 bridgehead atoms. The number of carbonyl (C=O) groups excluding carboxylic acids is 2. The van der Waals surface area contributed by atoms with Crippen molar-refractivity contribution in [3.63, 3.8) is 0 Å². The van der Waals surface area contributed by atoms with Crippen LogP contribution in [0.25, 0.3) is 0 Å². The Balaban J connectivity index is 1.66. The van der Waals surface area contributed by atoms with Crippen molar-refractivity contribution < 1.29 is 27.5 Å². The molecule has 0 radical (unpaired) electrons. The second kappa shape index (κ2) is 9.19. The van der Waals surface area contributed by atoms with Crippen LogP contribution in [0.15, 0.2) is 30.6 Å². The quantitative estimate of drug-likeness (QED) is 0.722. The zero-order valence-electron chi connectivity index (χ0n) is 17.0. The van der Waals surface area contributed by atoms with Gasteiger partial charge >= 0.3 is 6.18 Å². The van der Waals surface area contributed by atoms with Gasteiger partial charge in [-0.2, -0.15) is 13.2 Å². The fourth-order valence-electron chi connectivity index (χ4n) is 3.19. The number of methoxy groups -OCH3 is 1. The van der Waals surface area contributed by atoms with E-state index in [1.807, 2.05) is 0 Å². The number of aromatic nitrogens is 2. The second-order valence-electron chi connectivity index (χ2n) is 6.98. The number of nitrogens with one attached hydrogen (secondary N) is 2. The summed E-state index contributed by atoms with van der Waals surface area (Å²) in [7, 11) is 1.29. The van der Waals surface area contributed by atoms with E-state index in [9.17, 15) is 22.8 Å². The van der Waals surface area contributed by atoms with E-state index in [4.69, 9.17) is 4.74 Å². The molecule has 11 heteroatoms. The summed E-state index contributed by atoms with van der Waals surface area (Å²) in [4.78, 5) is 33.8. The zero-order chi connectivity index (χ0) is 22.6. The minimum Gasteiger partial charge on any atom is -0.493 e. The maximum absolute atomic E-state index is 12.9. The van der Waals surface area contributed by atoms with E-state index in [0.717, 1.165) is 12.3 Å². The van der Waals surface area contributed by atoms with Crippen LogP contribution in [0, 0.1) is 0 Å². The smallest absolute Gasteiger partial charge is 0.418 e. The van der Waals surface area contributed by atoms with E-state index in [0.29, 0.717) is 30.9 Å². The molecule has 0 unspecified atom stereocenters. The van der Waals surface area contributed by atoms with Crippen LogP contribution >= 0.6 is 0 Å². The molecule has 31 heavy (non-hydrogen) atoms. The Morgan fingerprint density at radius 1 is 1.29 bits per heavy atom. The van der Waals surface area contributed by atoms with Crippen LogP contribution in [0.3, 0.4) is 0 Å². The lowest BCUT2D eigenvalue weighted by Crippen LogP contribution is -2.37. The van der Waals surface area contributed by atoms with Crippen LogP contribution in [0.5, 0.6) is 5.75 Å². The maximum Gasteiger partial charge on any atom is 0.418 e. The molecule has 0 saturated carbocycles. The van der Waals surface area contributed by atoms with Crippen molar-refractivity contribution in [1.82, 2.24) is 15.3 Å². The standard InChI is InChI=1S/C20H22F3N5O3/c1-3-17(29)27-16-8-12(4-6-24-16)19(30)26-14-5-7-28(11-14)18-15(31-2)9-13(10-25-18)20(21,22)23/h4,6,8-10,14H,3,5,7,11H2,1-2H3,(H,26,30)(H,24,27,29)/t14-/m1/s1. The number of alkyl halides is 3. The maximum atomic E-state index is 12.9. The molecule has 8 nitrogen and oxygen atoms in total. The average molecular weight is 437 g/mol. The molecule has 2 aromatic rings. The van der Waals surface area contributed by atoms with Crippen molar-refractivity contribution in [2.45, 2.75) is 32.0 Å². The van der Waals surface area contributed by atoms with Crippen LogP contribution in [0.4, 0.5) is 24.8 Å². The van der Waals surface area contributed by atoms with Gasteiger partial charge in [0.05, 0.1) is 12.7 Å². The molecule has 1 aliphatic heterocycles. The fraction of sp³-hybridized carbons (Fsp3) is 0.400. The van der Waals surface area contributed by atoms with E-state index in [-0.39, 0.29) is 35.8 Å². The molecule has 0 spiro atoms. The predicted molar refractivity (Wildman–Crippen MR) is 107 cm³/mol. The molecule has 2 aromatic heterocycles. The Morgan fingerprint density at radius 2 is 2.06 bits per heavy atom. The average Bonchev–Trinajstić information content (AvgIpc) is 3.20. The monoisotopic (exact) mass is 437 g/mol. The summed E-state index contributed by atoms with van der Waals surface area (Å²) in [6.45, 7) is 2.57. The second-order valence-corrected chi connectivity index (χ2v) is 6.98. The predicted octanol–water partition coefficient (Wildman–Crippen LogP) is 2.86. The summed E-state index contributed by atoms with van der Waals surface area (Å²) in [6.07, 6.45) is -1.44. The molecule has 2 amide bonds. The number of ether oxygens (including phenoxy) is 1. The third-order valence-electron chi connectivity index (χ3n) is 4.81. The first-order valence-electron chi connectivity index (χ1n) is 9.64. The Labute approximate surface area is 176 Å². The van der Waals surface area contributed by atoms with Crippen LogP contribution in [0.2, 0.25) is 0 Å². The van der Waals surface area contributed by atoms with Crippen molar-refractivity contribution in [2.24, 2.45) is 0 Å². The summed E-state index contributed by atoms with van der Waals surface area (Å²) in [5.74, 6) is 0.0438. The third kappa shape index (κ3) is 5.41. The van der Waals surface area contributed by atoms with E-state index in [2.05, 4.69) is 20.6 Å². The highest BCUT2D eigenvalue weighted by Gasteiger charge is 2.33. The molecular weight excluding hydrogens is 415 g/mol. The normalized spacial score (nSPS) is 16.2. The Kier molecular flexibility index (Phi) is 6.62. The van der Waals surface area contributed by atoms with Gasteiger partial charge in [-0.25, -0.2) is 9.97 Å². The van der Waals surface area contributed by atoms with Crippen molar-refractivity contribution in [3.8, 4) is 5.75 Å². The van der Waals surface area contributed by atoms with E-state index in [1.165, 1.54) is 25.4 Å². The number of hydrogen-bond acceptors (Lipinski definition) is 6. The summed E-state index contributed by atoms with van der Waals surface area (Å²) in [5, 5.41) is 5.49. The summed E-state index contributed by atoms with van der Waals surface area (Å²) in [6, 6.07) is 3.69. The van der Waals surface area contributed by atoms with E-state index in [1.54, 1.807) is 11.8 Å². The highest BCUT2D eigenvalue weighted by molar-refractivity contribution is 5.96. The van der Waals surface area contributed by atoms with Gasteiger partial charge in [-0.15, -0.1) is 0 Å². The molecule has 1 atom stereocenters. The first kappa shape index (κ1) is 22.3. The number of nitrogens with zero attached hydrogens (tertiary/aromatic N) is 3. The largest absolute Gasteiger partial charge is 0.493 e. The lowest BCUT2D eigenvalue weighted by atomic mass is 10.2. The zero-order valence-corrected chi connectivity index (χ0v) is 17.0. The van der Waals surface area contributed by atoms with Crippen molar-refractivity contribution in [1.29, 1.82) is 0 Å². The van der Waals surface area contributed by atoms with Gasteiger partial charge in [-0.05, 0) is 24.6 Å². The van der Waals surface area contributed by atoms with Gasteiger partial charge in [-0.1, -0.05) is 6.92 Å². The summed E-state index contributed by atoms with van der Waals surface area (Å²) in [5.41, 5.74) is -0.550. The summed E-state index contributed by atoms with van der Waals surface area (Å²) >= 11 is 0. The van der Waals surface area contributed by atoms with Gasteiger partial charge in [0.1, 0.15) is 5.82 Å². The van der Waals surface area contributed by atoms with Crippen LogP contribution in [0.1, 0.15) is 35.7 Å². The van der Waals surface area contributed by atoms with Crippen LogP contribution in [-0.2, 0) is 11.0 Å². The molecule has 1 saturated heterocycles. The van der Waals surface area contributed by atoms with Gasteiger partial charge in [0.15, 0.2) is 11.6 Å². The van der Waals surface area contributed by atoms with Gasteiger partial charge in [-0.3, -0.25) is 9.59 Å². The number of amides is 2. The third-order valence-corrected chi connectivity index (χ3v) is 4.81. The van der Waals surface area contributed by atoms with Gasteiger partial charge in [0, 0.05) is 43.5 Å². The summed E-state index contributed by atoms with van der Waals surface area (Å²) < 4.78 is 43.8. The molecule has 3 rings (SSSR count). The number of pyridine rings is 2. The molecular formula is C20H22F3N5O3. The van der Waals surface area contributed by atoms with E-state index < -0.39 is 11.7 Å². The molecule has 0 aliphatic carbocycles. The Hall–Kier alpha value is -3.37. The highest BCUT2D eigenvalue weighted by atomic mass is 19.4. The Bertz CT molecular complexity index is 967. The topological polar surface area (TPSA) is 96.5 Å². The molecule has 3 heterocycles. The van der Waals surface area contributed by atoms with Crippen molar-refractivity contribution >= 4 is 23.5 Å². The Morgan fingerprint density at radius 3 is 2.74 bits per heavy atom. The molecule has 0 aromatic carbocycles. The first-order chi connectivity index (χ1) is 14.7. The van der Waals surface area contributed by atoms with Crippen LogP contribution < -0.4 is 20.3 Å². The van der Waals surface area contributed by atoms with Gasteiger partial charge in [0.2, 0.25) is 5.91 Å². The number of halogens is 3. The van der Waals surface area contributed by atoms with Crippen molar-refractivity contribution in [2.75, 3.05) is 30.4 Å². The lowest BCUT2D eigenvalue weighted by Gasteiger charge is -2.21. The number of rotatable bonds is 6. The first-order valence-corrected chi connectivity index (χ1v) is 9.64. The van der Waals surface area contributed by atoms with E-state index >= 15 is 0 Å². The molecule has 1 fully saturated rings. The fourth-order valence-corrected chi connectivity index (χ4v) is 3.19. The van der Waals surface area contributed by atoms with Gasteiger partial charge < -0.3 is 20.3 Å². The SMILES string of the molecule is CCC(=O)Nc1cc(C(=O)N[C@@H]2CCN(c3ncc(C(F)(F)F)cc3OC)C2)ccn1. The lowest BCUT2D eigenvalue weighted by molar-refractivity contribution is -0.137. The number of anilines is 2. The molecule has 166 valence electrons. The van der Waals surface area contributed by atoms with Crippen LogP contribution in [-0.4, -0.2) is 48.0 Å².